The quantitative estimate of drug-likeness (QED) is 0.398. The Labute approximate surface area is 149 Å². The Balaban J connectivity index is 1.79. The molecule has 0 bridgehead atoms. The highest BCUT2D eigenvalue weighted by molar-refractivity contribution is 5.85. The van der Waals surface area contributed by atoms with E-state index in [2.05, 4.69) is 14.8 Å². The third-order valence-electron chi connectivity index (χ3n) is 4.29. The molecule has 0 saturated heterocycles. The maximum atomic E-state index is 10.8. The van der Waals surface area contributed by atoms with E-state index in [1.807, 2.05) is 37.3 Å². The van der Waals surface area contributed by atoms with E-state index < -0.39 is 4.92 Å². The number of nitrogens with zero attached hydrogens (tertiary/aromatic N) is 4. The number of non-ortho nitro benzene ring substituents is 1. The summed E-state index contributed by atoms with van der Waals surface area (Å²) in [5, 5.41) is 20.1. The maximum absolute atomic E-state index is 10.8. The van der Waals surface area contributed by atoms with Crippen LogP contribution in [0.4, 0.5) is 5.69 Å². The molecule has 0 aliphatic rings. The second-order valence-corrected chi connectivity index (χ2v) is 5.95. The lowest BCUT2D eigenvalue weighted by Gasteiger charge is -2.09. The van der Waals surface area contributed by atoms with Crippen molar-refractivity contribution in [2.75, 3.05) is 0 Å². The van der Waals surface area contributed by atoms with Crippen LogP contribution in [0.2, 0.25) is 0 Å². The van der Waals surface area contributed by atoms with Crippen molar-refractivity contribution in [3.63, 3.8) is 0 Å². The monoisotopic (exact) mass is 348 g/mol. The van der Waals surface area contributed by atoms with Gasteiger partial charge in [-0.1, -0.05) is 37.3 Å². The summed E-state index contributed by atoms with van der Waals surface area (Å²) in [5.74, 6) is 1.06. The van der Waals surface area contributed by atoms with E-state index in [1.54, 1.807) is 12.1 Å². The average Bonchev–Trinajstić information content (AvgIpc) is 3.27. The smallest absolute Gasteiger partial charge is 0.269 e. The molecule has 130 valence electrons. The molecule has 0 saturated carbocycles. The van der Waals surface area contributed by atoms with Gasteiger partial charge in [0.05, 0.1) is 4.92 Å². The Morgan fingerprint density at radius 2 is 1.88 bits per heavy atom. The zero-order valence-electron chi connectivity index (χ0n) is 14.1. The molecule has 2 heterocycles. The summed E-state index contributed by atoms with van der Waals surface area (Å²) in [6.07, 6.45) is 0.676. The summed E-state index contributed by atoms with van der Waals surface area (Å²) >= 11 is 0. The van der Waals surface area contributed by atoms with Gasteiger partial charge in [0.15, 0.2) is 0 Å². The molecule has 0 N–H and O–H groups in total. The molecule has 7 nitrogen and oxygen atoms in total. The summed E-state index contributed by atoms with van der Waals surface area (Å²) in [4.78, 5) is 10.4. The number of aromatic nitrogens is 3. The van der Waals surface area contributed by atoms with Crippen LogP contribution in [-0.2, 0) is 13.0 Å². The molecule has 0 aliphatic heterocycles. The number of rotatable bonds is 5. The van der Waals surface area contributed by atoms with Crippen molar-refractivity contribution in [1.29, 1.82) is 0 Å². The fourth-order valence-corrected chi connectivity index (χ4v) is 2.96. The zero-order valence-corrected chi connectivity index (χ0v) is 14.1. The number of nitro groups is 1. The van der Waals surface area contributed by atoms with Crippen molar-refractivity contribution in [1.82, 2.24) is 14.8 Å². The molecule has 0 aliphatic carbocycles. The van der Waals surface area contributed by atoms with E-state index in [4.69, 9.17) is 4.42 Å². The highest BCUT2D eigenvalue weighted by Gasteiger charge is 2.16. The minimum Gasteiger partial charge on any atom is -0.419 e. The summed E-state index contributed by atoms with van der Waals surface area (Å²) in [6.45, 7) is 2.51. The standard InChI is InChI=1S/C19H16N4O3/c1-2-18-20-21-19(26-18)17-11-14-5-3-4-6-16(14)22(17)12-13-7-9-15(10-8-13)23(24)25/h3-11H,2,12H2,1H3. The molecular formula is C19H16N4O3. The number of nitro benzene ring substituents is 1. The lowest BCUT2D eigenvalue weighted by molar-refractivity contribution is -0.384. The lowest BCUT2D eigenvalue weighted by atomic mass is 10.2. The minimum absolute atomic E-state index is 0.0795. The van der Waals surface area contributed by atoms with Gasteiger partial charge in [-0.15, -0.1) is 10.2 Å². The van der Waals surface area contributed by atoms with Gasteiger partial charge in [0.25, 0.3) is 11.6 Å². The molecule has 7 heteroatoms. The predicted molar refractivity (Wildman–Crippen MR) is 96.8 cm³/mol. The van der Waals surface area contributed by atoms with E-state index in [0.29, 0.717) is 24.7 Å². The first-order valence-electron chi connectivity index (χ1n) is 8.30. The maximum Gasteiger partial charge on any atom is 0.269 e. The van der Waals surface area contributed by atoms with E-state index >= 15 is 0 Å². The minimum atomic E-state index is -0.398. The third kappa shape index (κ3) is 2.83. The largest absolute Gasteiger partial charge is 0.419 e. The van der Waals surface area contributed by atoms with Crippen LogP contribution >= 0.6 is 0 Å². The molecular weight excluding hydrogens is 332 g/mol. The van der Waals surface area contributed by atoms with Crippen LogP contribution in [-0.4, -0.2) is 19.7 Å². The number of aryl methyl sites for hydroxylation is 1. The topological polar surface area (TPSA) is 87.0 Å². The Hall–Kier alpha value is -3.48. The summed E-state index contributed by atoms with van der Waals surface area (Å²) < 4.78 is 7.83. The first-order valence-corrected chi connectivity index (χ1v) is 8.30. The molecule has 26 heavy (non-hydrogen) atoms. The van der Waals surface area contributed by atoms with E-state index in [9.17, 15) is 10.1 Å². The molecule has 0 fully saturated rings. The number of benzene rings is 2. The van der Waals surface area contributed by atoms with Crippen molar-refractivity contribution in [2.45, 2.75) is 19.9 Å². The van der Waals surface area contributed by atoms with Crippen molar-refractivity contribution in [3.05, 3.63) is 76.2 Å². The van der Waals surface area contributed by atoms with Gasteiger partial charge in [-0.05, 0) is 17.7 Å². The second-order valence-electron chi connectivity index (χ2n) is 5.95. The SMILES string of the molecule is CCc1nnc(-c2cc3ccccc3n2Cc2ccc([N+](=O)[O-])cc2)o1. The van der Waals surface area contributed by atoms with E-state index in [1.165, 1.54) is 12.1 Å². The molecule has 0 atom stereocenters. The Bertz CT molecular complexity index is 1080. The number of para-hydroxylation sites is 1. The van der Waals surface area contributed by atoms with Gasteiger partial charge in [0.2, 0.25) is 5.89 Å². The van der Waals surface area contributed by atoms with Gasteiger partial charge in [-0.2, -0.15) is 0 Å². The van der Waals surface area contributed by atoms with Crippen LogP contribution in [0.25, 0.3) is 22.5 Å². The van der Waals surface area contributed by atoms with Gasteiger partial charge in [0, 0.05) is 36.0 Å². The van der Waals surface area contributed by atoms with Crippen LogP contribution in [0.3, 0.4) is 0 Å². The zero-order chi connectivity index (χ0) is 18.1. The molecule has 0 spiro atoms. The first-order chi connectivity index (χ1) is 12.7. The molecule has 4 rings (SSSR count). The van der Waals surface area contributed by atoms with Crippen LogP contribution in [0.5, 0.6) is 0 Å². The van der Waals surface area contributed by atoms with Crippen LogP contribution in [0, 0.1) is 10.1 Å². The molecule has 2 aromatic heterocycles. The van der Waals surface area contributed by atoms with Crippen molar-refractivity contribution in [3.8, 4) is 11.6 Å². The van der Waals surface area contributed by atoms with Gasteiger partial charge >= 0.3 is 0 Å². The third-order valence-corrected chi connectivity index (χ3v) is 4.29. The lowest BCUT2D eigenvalue weighted by Crippen LogP contribution is -2.02. The molecule has 4 aromatic rings. The molecule has 0 radical (unpaired) electrons. The molecule has 0 unspecified atom stereocenters. The number of hydrogen-bond donors (Lipinski definition) is 0. The predicted octanol–water partition coefficient (Wildman–Crippen LogP) is 4.21. The molecule has 2 aromatic carbocycles. The Morgan fingerprint density at radius 1 is 1.12 bits per heavy atom. The van der Waals surface area contributed by atoms with Crippen molar-refractivity contribution >= 4 is 16.6 Å². The highest BCUT2D eigenvalue weighted by Crippen LogP contribution is 2.29. The van der Waals surface area contributed by atoms with E-state index in [-0.39, 0.29) is 5.69 Å². The summed E-state index contributed by atoms with van der Waals surface area (Å²) in [6, 6.07) is 16.6. The number of fused-ring (bicyclic) bond motifs is 1. The first kappa shape index (κ1) is 16.0. The van der Waals surface area contributed by atoms with Crippen LogP contribution in [0.1, 0.15) is 18.4 Å². The summed E-state index contributed by atoms with van der Waals surface area (Å²) in [7, 11) is 0. The Morgan fingerprint density at radius 3 is 2.58 bits per heavy atom. The average molecular weight is 348 g/mol. The van der Waals surface area contributed by atoms with E-state index in [0.717, 1.165) is 22.2 Å². The fourth-order valence-electron chi connectivity index (χ4n) is 2.96. The van der Waals surface area contributed by atoms with Gasteiger partial charge in [0.1, 0.15) is 5.69 Å². The van der Waals surface area contributed by atoms with Crippen LogP contribution < -0.4 is 0 Å². The van der Waals surface area contributed by atoms with Gasteiger partial charge in [-0.25, -0.2) is 0 Å². The summed E-state index contributed by atoms with van der Waals surface area (Å²) in [5.41, 5.74) is 2.90. The normalized spacial score (nSPS) is 11.1. The fraction of sp³-hybridized carbons (Fsp3) is 0.158. The van der Waals surface area contributed by atoms with Crippen molar-refractivity contribution < 1.29 is 9.34 Å². The second kappa shape index (κ2) is 6.44. The van der Waals surface area contributed by atoms with Crippen molar-refractivity contribution in [2.24, 2.45) is 0 Å². The highest BCUT2D eigenvalue weighted by atomic mass is 16.6. The Kier molecular flexibility index (Phi) is 3.96. The van der Waals surface area contributed by atoms with Gasteiger partial charge < -0.3 is 8.98 Å². The number of hydrogen-bond acceptors (Lipinski definition) is 5. The van der Waals surface area contributed by atoms with Crippen LogP contribution in [0.15, 0.2) is 59.0 Å². The molecule has 0 amide bonds. The van der Waals surface area contributed by atoms with Gasteiger partial charge in [-0.3, -0.25) is 10.1 Å².